The van der Waals surface area contributed by atoms with Gasteiger partial charge in [0.1, 0.15) is 0 Å². The number of hydrogen-bond acceptors (Lipinski definition) is 3. The summed E-state index contributed by atoms with van der Waals surface area (Å²) in [6.07, 6.45) is 1.02. The first-order valence-corrected chi connectivity index (χ1v) is 5.83. The van der Waals surface area contributed by atoms with Gasteiger partial charge in [-0.1, -0.05) is 38.1 Å². The lowest BCUT2D eigenvalue weighted by atomic mass is 9.96. The van der Waals surface area contributed by atoms with Gasteiger partial charge in [-0.25, -0.2) is 0 Å². The van der Waals surface area contributed by atoms with Gasteiger partial charge >= 0.3 is 0 Å². The fourth-order valence-electron chi connectivity index (χ4n) is 2.00. The number of nitrogens with one attached hydrogen (secondary N) is 1. The molecule has 0 spiro atoms. The number of nitrogens with zero attached hydrogens (tertiary/aromatic N) is 1. The molecule has 0 radical (unpaired) electrons. The summed E-state index contributed by atoms with van der Waals surface area (Å²) < 4.78 is 0. The van der Waals surface area contributed by atoms with E-state index in [0.717, 1.165) is 13.0 Å². The van der Waals surface area contributed by atoms with Crippen LogP contribution in [0.3, 0.4) is 0 Å². The van der Waals surface area contributed by atoms with Crippen LogP contribution in [0.4, 0.5) is 0 Å². The molecule has 1 heterocycles. The number of aliphatic imine (C=N–C) groups is 1. The van der Waals surface area contributed by atoms with Crippen LogP contribution in [-0.4, -0.2) is 12.5 Å². The predicted octanol–water partition coefficient (Wildman–Crippen LogP) is 2.16. The Morgan fingerprint density at radius 1 is 1.44 bits per heavy atom. The van der Waals surface area contributed by atoms with Crippen molar-refractivity contribution >= 4 is 5.96 Å². The zero-order valence-electron chi connectivity index (χ0n) is 9.90. The number of hydrogen-bond donors (Lipinski definition) is 2. The van der Waals surface area contributed by atoms with Crippen LogP contribution in [0.5, 0.6) is 0 Å². The lowest BCUT2D eigenvalue weighted by Crippen LogP contribution is -2.38. The maximum Gasteiger partial charge on any atom is 0.189 e. The van der Waals surface area contributed by atoms with Gasteiger partial charge in [0.25, 0.3) is 0 Å². The second kappa shape index (κ2) is 4.56. The van der Waals surface area contributed by atoms with E-state index in [4.69, 9.17) is 5.73 Å². The Bertz CT molecular complexity index is 396. The van der Waals surface area contributed by atoms with Gasteiger partial charge < -0.3 is 11.1 Å². The van der Waals surface area contributed by atoms with E-state index in [-0.39, 0.29) is 0 Å². The van der Waals surface area contributed by atoms with Gasteiger partial charge in [-0.2, -0.15) is 0 Å². The average Bonchev–Trinajstić information content (AvgIpc) is 2.29. The van der Waals surface area contributed by atoms with Crippen molar-refractivity contribution < 1.29 is 0 Å². The maximum atomic E-state index is 5.70. The molecule has 0 aliphatic carbocycles. The van der Waals surface area contributed by atoms with E-state index in [2.05, 4.69) is 48.4 Å². The van der Waals surface area contributed by atoms with Crippen molar-refractivity contribution in [3.63, 3.8) is 0 Å². The van der Waals surface area contributed by atoms with E-state index in [1.54, 1.807) is 0 Å². The van der Waals surface area contributed by atoms with Crippen LogP contribution in [0.25, 0.3) is 0 Å². The second-order valence-corrected chi connectivity index (χ2v) is 4.58. The van der Waals surface area contributed by atoms with Crippen LogP contribution in [0, 0.1) is 0 Å². The lowest BCUT2D eigenvalue weighted by molar-refractivity contribution is 0.567. The third-order valence-corrected chi connectivity index (χ3v) is 3.00. The van der Waals surface area contributed by atoms with Crippen molar-refractivity contribution in [1.29, 1.82) is 0 Å². The normalized spacial score (nSPS) is 20.4. The van der Waals surface area contributed by atoms with Gasteiger partial charge in [-0.15, -0.1) is 0 Å². The van der Waals surface area contributed by atoms with Gasteiger partial charge in [-0.05, 0) is 23.5 Å². The molecule has 2 rings (SSSR count). The molecule has 0 saturated heterocycles. The van der Waals surface area contributed by atoms with Crippen molar-refractivity contribution in [3.8, 4) is 0 Å². The summed E-state index contributed by atoms with van der Waals surface area (Å²) in [5, 5.41) is 3.23. The Morgan fingerprint density at radius 2 is 2.25 bits per heavy atom. The minimum absolute atomic E-state index is 0.316. The van der Waals surface area contributed by atoms with Crippen LogP contribution < -0.4 is 11.1 Å². The Morgan fingerprint density at radius 3 is 2.94 bits per heavy atom. The van der Waals surface area contributed by atoms with E-state index in [9.17, 15) is 0 Å². The molecule has 1 aliphatic rings. The van der Waals surface area contributed by atoms with Crippen molar-refractivity contribution in [1.82, 2.24) is 5.32 Å². The topological polar surface area (TPSA) is 50.4 Å². The number of guanidine groups is 1. The van der Waals surface area contributed by atoms with E-state index in [1.807, 2.05) is 0 Å². The molecular weight excluding hydrogens is 198 g/mol. The Kier molecular flexibility index (Phi) is 3.13. The van der Waals surface area contributed by atoms with Crippen LogP contribution in [0.1, 0.15) is 43.4 Å². The Labute approximate surface area is 96.8 Å². The summed E-state index contributed by atoms with van der Waals surface area (Å²) in [7, 11) is 0. The first-order valence-electron chi connectivity index (χ1n) is 5.83. The van der Waals surface area contributed by atoms with E-state index >= 15 is 0 Å². The minimum atomic E-state index is 0.316. The van der Waals surface area contributed by atoms with Gasteiger partial charge in [-0.3, -0.25) is 4.99 Å². The van der Waals surface area contributed by atoms with Crippen LogP contribution in [-0.2, 0) is 0 Å². The largest absolute Gasteiger partial charge is 0.370 e. The number of nitrogens with two attached hydrogens (primary N) is 1. The van der Waals surface area contributed by atoms with E-state index in [0.29, 0.717) is 17.9 Å². The van der Waals surface area contributed by atoms with Crippen molar-refractivity contribution in [3.05, 3.63) is 35.4 Å². The molecule has 0 fully saturated rings. The molecule has 0 bridgehead atoms. The molecule has 0 aromatic heterocycles. The standard InChI is InChI=1S/C13H19N3/c1-9(2)10-4-3-5-11(8-10)12-6-7-15-13(14)16-12/h3-5,8-9,12H,6-7H2,1-2H3,(H3,14,15,16). The minimum Gasteiger partial charge on any atom is -0.370 e. The molecule has 3 N–H and O–H groups in total. The smallest absolute Gasteiger partial charge is 0.189 e. The molecule has 1 aliphatic heterocycles. The van der Waals surface area contributed by atoms with Gasteiger partial charge in [0.2, 0.25) is 0 Å². The van der Waals surface area contributed by atoms with Crippen molar-refractivity contribution in [2.75, 3.05) is 6.54 Å². The molecule has 16 heavy (non-hydrogen) atoms. The second-order valence-electron chi connectivity index (χ2n) is 4.58. The average molecular weight is 217 g/mol. The zero-order chi connectivity index (χ0) is 11.5. The van der Waals surface area contributed by atoms with Crippen LogP contribution in [0.15, 0.2) is 29.3 Å². The van der Waals surface area contributed by atoms with Gasteiger partial charge in [0.05, 0.1) is 6.04 Å². The zero-order valence-corrected chi connectivity index (χ0v) is 9.90. The number of benzene rings is 1. The Hall–Kier alpha value is -1.51. The SMILES string of the molecule is CC(C)c1cccc(C2CCN=C(N)N2)c1. The monoisotopic (exact) mass is 217 g/mol. The summed E-state index contributed by atoms with van der Waals surface area (Å²) in [6, 6.07) is 9.03. The molecule has 1 atom stereocenters. The highest BCUT2D eigenvalue weighted by Gasteiger charge is 2.16. The highest BCUT2D eigenvalue weighted by molar-refractivity contribution is 5.78. The molecular formula is C13H19N3. The fourth-order valence-corrected chi connectivity index (χ4v) is 2.00. The summed E-state index contributed by atoms with van der Waals surface area (Å²) >= 11 is 0. The van der Waals surface area contributed by atoms with Crippen molar-refractivity contribution in [2.45, 2.75) is 32.2 Å². The fraction of sp³-hybridized carbons (Fsp3) is 0.462. The third-order valence-electron chi connectivity index (χ3n) is 3.00. The molecule has 0 amide bonds. The molecule has 0 saturated carbocycles. The quantitative estimate of drug-likeness (QED) is 0.797. The summed E-state index contributed by atoms with van der Waals surface area (Å²) in [5.41, 5.74) is 8.38. The van der Waals surface area contributed by atoms with Crippen LogP contribution >= 0.6 is 0 Å². The predicted molar refractivity (Wildman–Crippen MR) is 67.5 cm³/mol. The summed E-state index contributed by atoms with van der Waals surface area (Å²) in [5.74, 6) is 1.13. The van der Waals surface area contributed by atoms with Gasteiger partial charge in [0, 0.05) is 6.54 Å². The Balaban J connectivity index is 2.20. The summed E-state index contributed by atoms with van der Waals surface area (Å²) in [6.45, 7) is 5.24. The maximum absolute atomic E-state index is 5.70. The molecule has 86 valence electrons. The van der Waals surface area contributed by atoms with E-state index in [1.165, 1.54) is 11.1 Å². The van der Waals surface area contributed by atoms with Crippen molar-refractivity contribution in [2.24, 2.45) is 10.7 Å². The first-order chi connectivity index (χ1) is 7.66. The molecule has 1 aromatic carbocycles. The third kappa shape index (κ3) is 2.35. The molecule has 1 unspecified atom stereocenters. The summed E-state index contributed by atoms with van der Waals surface area (Å²) in [4.78, 5) is 4.15. The molecule has 3 nitrogen and oxygen atoms in total. The van der Waals surface area contributed by atoms with Gasteiger partial charge in [0.15, 0.2) is 5.96 Å². The first kappa shape index (κ1) is 11.0. The lowest BCUT2D eigenvalue weighted by Gasteiger charge is -2.23. The van der Waals surface area contributed by atoms with E-state index < -0.39 is 0 Å². The van der Waals surface area contributed by atoms with Crippen LogP contribution in [0.2, 0.25) is 0 Å². The highest BCUT2D eigenvalue weighted by Crippen LogP contribution is 2.23. The highest BCUT2D eigenvalue weighted by atomic mass is 15.1. The molecule has 3 heteroatoms. The molecule has 1 aromatic rings. The number of rotatable bonds is 2.